The first-order valence-electron chi connectivity index (χ1n) is 10.5. The first kappa shape index (κ1) is 22.2. The molecule has 0 aliphatic heterocycles. The van der Waals surface area contributed by atoms with Gasteiger partial charge in [-0.05, 0) is 62.6 Å². The highest BCUT2D eigenvalue weighted by Gasteiger charge is 2.23. The van der Waals surface area contributed by atoms with Crippen LogP contribution >= 0.6 is 11.3 Å². The molecule has 0 amide bonds. The summed E-state index contributed by atoms with van der Waals surface area (Å²) in [5.41, 5.74) is 2.78. The maximum atomic E-state index is 12.5. The van der Waals surface area contributed by atoms with Gasteiger partial charge in [-0.3, -0.25) is 14.4 Å². The first-order valence-corrected chi connectivity index (χ1v) is 11.3. The molecule has 3 aromatic rings. The largest absolute Gasteiger partial charge is 0.508 e. The number of aromatic nitrogens is 2. The van der Waals surface area contributed by atoms with Crippen molar-refractivity contribution >= 4 is 27.3 Å². The lowest BCUT2D eigenvalue weighted by atomic mass is 9.79. The number of fused-ring (bicyclic) bond motifs is 1. The summed E-state index contributed by atoms with van der Waals surface area (Å²) in [5.74, 6) is 1.04. The van der Waals surface area contributed by atoms with Gasteiger partial charge in [0, 0.05) is 24.2 Å². The van der Waals surface area contributed by atoms with Crippen molar-refractivity contribution < 1.29 is 5.11 Å². The normalized spacial score (nSPS) is 16.9. The van der Waals surface area contributed by atoms with E-state index in [-0.39, 0.29) is 11.3 Å². The molecule has 30 heavy (non-hydrogen) atoms. The van der Waals surface area contributed by atoms with Gasteiger partial charge in [0.05, 0.1) is 11.2 Å². The van der Waals surface area contributed by atoms with Gasteiger partial charge in [-0.2, -0.15) is 0 Å². The zero-order chi connectivity index (χ0) is 21.5. The van der Waals surface area contributed by atoms with Gasteiger partial charge in [-0.15, -0.1) is 11.3 Å². The molecule has 1 aromatic carbocycles. The Labute approximate surface area is 181 Å². The highest BCUT2D eigenvalue weighted by atomic mass is 32.1. The Morgan fingerprint density at radius 3 is 2.70 bits per heavy atom. The number of aliphatic imine (C=N–C) groups is 1. The summed E-state index contributed by atoms with van der Waals surface area (Å²) in [6.07, 6.45) is 8.27. The van der Waals surface area contributed by atoms with E-state index in [2.05, 4.69) is 22.2 Å². The van der Waals surface area contributed by atoms with Crippen molar-refractivity contribution in [2.75, 3.05) is 14.1 Å². The number of hydrogen-bond donors (Lipinski definition) is 2. The van der Waals surface area contributed by atoms with Gasteiger partial charge in [-0.25, -0.2) is 4.98 Å². The average molecular weight is 427 g/mol. The molecule has 1 aliphatic rings. The summed E-state index contributed by atoms with van der Waals surface area (Å²) in [6, 6.07) is 8.40. The molecule has 2 aromatic heterocycles. The number of rotatable bonds is 6. The van der Waals surface area contributed by atoms with Crippen molar-refractivity contribution in [3.8, 4) is 11.4 Å². The minimum absolute atomic E-state index is 0.0898. The van der Waals surface area contributed by atoms with Crippen molar-refractivity contribution in [2.24, 2.45) is 10.9 Å². The van der Waals surface area contributed by atoms with Crippen LogP contribution in [0.15, 0.2) is 46.4 Å². The maximum Gasteiger partial charge on any atom is 0.275 e. The summed E-state index contributed by atoms with van der Waals surface area (Å²) in [7, 11) is 3.79. The third-order valence-electron chi connectivity index (χ3n) is 5.38. The zero-order valence-corrected chi connectivity index (χ0v) is 18.7. The van der Waals surface area contributed by atoms with E-state index in [4.69, 9.17) is 0 Å². The van der Waals surface area contributed by atoms with Gasteiger partial charge < -0.3 is 10.4 Å². The Balaban J connectivity index is 0.000000216. The number of phenolic OH excluding ortho intramolecular Hbond substituents is 1. The van der Waals surface area contributed by atoms with Gasteiger partial charge in [0.2, 0.25) is 0 Å². The fourth-order valence-corrected chi connectivity index (χ4v) is 4.60. The van der Waals surface area contributed by atoms with Gasteiger partial charge in [0.25, 0.3) is 5.56 Å². The third kappa shape index (κ3) is 5.15. The van der Waals surface area contributed by atoms with Gasteiger partial charge in [0.15, 0.2) is 0 Å². The molecule has 0 spiro atoms. The highest BCUT2D eigenvalue weighted by Crippen LogP contribution is 2.28. The number of benzene rings is 1. The minimum atomic E-state index is -0.0898. The van der Waals surface area contributed by atoms with Crippen molar-refractivity contribution in [1.29, 1.82) is 0 Å². The second kappa shape index (κ2) is 10.5. The van der Waals surface area contributed by atoms with Gasteiger partial charge in [0.1, 0.15) is 16.8 Å². The van der Waals surface area contributed by atoms with Crippen molar-refractivity contribution in [2.45, 2.75) is 45.6 Å². The van der Waals surface area contributed by atoms with Crippen LogP contribution in [0.3, 0.4) is 0 Å². The molecule has 0 saturated heterocycles. The lowest BCUT2D eigenvalue weighted by Crippen LogP contribution is -2.25. The molecule has 7 heteroatoms. The molecule has 0 radical (unpaired) electrons. The molecule has 6 nitrogen and oxygen atoms in total. The van der Waals surface area contributed by atoms with E-state index >= 15 is 0 Å². The monoisotopic (exact) mass is 426 g/mol. The fourth-order valence-electron chi connectivity index (χ4n) is 3.55. The van der Waals surface area contributed by atoms with E-state index < -0.39 is 0 Å². The second-order valence-corrected chi connectivity index (χ2v) is 8.62. The van der Waals surface area contributed by atoms with Crippen LogP contribution in [0.25, 0.3) is 15.9 Å². The first-order chi connectivity index (χ1) is 14.6. The smallest absolute Gasteiger partial charge is 0.275 e. The summed E-state index contributed by atoms with van der Waals surface area (Å²) in [5, 5.41) is 12.4. The Morgan fingerprint density at radius 1 is 1.33 bits per heavy atom. The molecule has 2 heterocycles. The van der Waals surface area contributed by atoms with E-state index in [1.54, 1.807) is 24.3 Å². The number of nitrogens with zero attached hydrogens (tertiary/aromatic N) is 3. The number of unbranched alkanes of at least 4 members (excludes halogenated alkanes) is 1. The van der Waals surface area contributed by atoms with Crippen LogP contribution in [0.5, 0.6) is 5.75 Å². The Hall–Kier alpha value is -2.51. The Bertz CT molecular complexity index is 1050. The van der Waals surface area contributed by atoms with E-state index in [0.717, 1.165) is 22.9 Å². The molecule has 1 unspecified atom stereocenters. The van der Waals surface area contributed by atoms with Crippen LogP contribution in [0, 0.1) is 5.92 Å². The Kier molecular flexibility index (Phi) is 7.76. The molecular weight excluding hydrogens is 396 g/mol. The van der Waals surface area contributed by atoms with E-state index in [1.165, 1.54) is 60.0 Å². The molecule has 2 N–H and O–H groups in total. The van der Waals surface area contributed by atoms with Crippen LogP contribution < -0.4 is 10.9 Å². The van der Waals surface area contributed by atoms with Crippen LogP contribution in [-0.2, 0) is 6.54 Å². The number of phenols is 1. The van der Waals surface area contributed by atoms with Crippen molar-refractivity contribution in [3.63, 3.8) is 0 Å². The molecule has 160 valence electrons. The summed E-state index contributed by atoms with van der Waals surface area (Å²) in [6.45, 7) is 2.97. The molecule has 1 aliphatic carbocycles. The second-order valence-electron chi connectivity index (χ2n) is 7.49. The quantitative estimate of drug-likeness (QED) is 0.607. The molecule has 4 rings (SSSR count). The number of thiophene rings is 1. The fraction of sp³-hybridized carbons (Fsp3) is 0.435. The standard InChI is InChI=1S/C14H13N3O2S.C9H17N/c1-15-7-11-6-12-13(20-11)14(19)17(8-16-12)9-2-4-10(18)5-3-9;1-3-4-5-8-6-7-9(8)10-2/h2-6,8,15,18H,7H2,1H3;8H,3-7H2,1-2H3. The van der Waals surface area contributed by atoms with Gasteiger partial charge >= 0.3 is 0 Å². The Morgan fingerprint density at radius 2 is 2.10 bits per heavy atom. The van der Waals surface area contributed by atoms with E-state index in [9.17, 15) is 9.90 Å². The molecule has 1 fully saturated rings. The third-order valence-corrected chi connectivity index (χ3v) is 6.49. The SMILES string of the molecule is CCCCC1CCC1=NC.CNCc1cc2ncn(-c3ccc(O)cc3)c(=O)c2s1. The van der Waals surface area contributed by atoms with Crippen LogP contribution in [0.1, 0.15) is 43.9 Å². The van der Waals surface area contributed by atoms with Gasteiger partial charge in [-0.1, -0.05) is 19.8 Å². The predicted octanol–water partition coefficient (Wildman–Crippen LogP) is 4.53. The van der Waals surface area contributed by atoms with E-state index in [1.807, 2.05) is 20.2 Å². The topological polar surface area (TPSA) is 79.5 Å². The lowest BCUT2D eigenvalue weighted by molar-refractivity contribution is 0.475. The minimum Gasteiger partial charge on any atom is -0.508 e. The summed E-state index contributed by atoms with van der Waals surface area (Å²) >= 11 is 1.45. The molecular formula is C23H30N4O2S. The highest BCUT2D eigenvalue weighted by molar-refractivity contribution is 7.18. The summed E-state index contributed by atoms with van der Waals surface area (Å²) in [4.78, 5) is 22.1. The van der Waals surface area contributed by atoms with E-state index in [0.29, 0.717) is 10.4 Å². The molecule has 1 saturated carbocycles. The molecule has 0 bridgehead atoms. The van der Waals surface area contributed by atoms with Crippen LogP contribution in [0.4, 0.5) is 0 Å². The average Bonchev–Trinajstić information content (AvgIpc) is 3.14. The zero-order valence-electron chi connectivity index (χ0n) is 17.9. The van der Waals surface area contributed by atoms with Crippen LogP contribution in [-0.4, -0.2) is 34.5 Å². The van der Waals surface area contributed by atoms with Crippen molar-refractivity contribution in [1.82, 2.24) is 14.9 Å². The number of nitrogens with one attached hydrogen (secondary N) is 1. The van der Waals surface area contributed by atoms with Crippen molar-refractivity contribution in [3.05, 3.63) is 51.9 Å². The number of hydrogen-bond acceptors (Lipinski definition) is 6. The predicted molar refractivity (Wildman–Crippen MR) is 125 cm³/mol. The number of aromatic hydroxyl groups is 1. The lowest BCUT2D eigenvalue weighted by Gasteiger charge is -2.27. The maximum absolute atomic E-state index is 12.5. The van der Waals surface area contributed by atoms with Crippen LogP contribution in [0.2, 0.25) is 0 Å². The molecule has 1 atom stereocenters. The summed E-state index contributed by atoms with van der Waals surface area (Å²) < 4.78 is 2.13.